The third kappa shape index (κ3) is 11.4. The van der Waals surface area contributed by atoms with Crippen LogP contribution in [0.5, 0.6) is 0 Å². The molecule has 8 nitrogen and oxygen atoms in total. The fraction of sp³-hybridized carbons (Fsp3) is 0.368. The number of aliphatic hydroxyl groups is 1. The lowest BCUT2D eigenvalue weighted by Gasteiger charge is -2.41. The largest absolute Gasteiger partial charge is 0.401 e. The molecule has 0 amide bonds. The molecule has 0 fully saturated rings. The third-order valence-electron chi connectivity index (χ3n) is 7.71. The zero-order valence-corrected chi connectivity index (χ0v) is 28.8. The number of hydrogen-bond donors (Lipinski definition) is 2. The zero-order chi connectivity index (χ0) is 35.0. The van der Waals surface area contributed by atoms with E-state index in [2.05, 4.69) is 5.32 Å². The topological polar surface area (TPSA) is 95.5 Å². The van der Waals surface area contributed by atoms with Crippen molar-refractivity contribution >= 4 is 7.60 Å². The van der Waals surface area contributed by atoms with Gasteiger partial charge in [-0.25, -0.2) is 0 Å². The van der Waals surface area contributed by atoms with Gasteiger partial charge in [-0.1, -0.05) is 121 Å². The first-order valence-corrected chi connectivity index (χ1v) is 18.0. The summed E-state index contributed by atoms with van der Waals surface area (Å²) in [5, 5.41) is 14.6. The Balaban J connectivity index is 1.76. The average molecular weight is 698 g/mol. The standard InChI is InChI=1S/C38H46F2NO7P/c1-3-47-49(43,48-4-2)38(39,40)37(41-25-30-17-9-5-10-18-30)36(46-28-33-23-15-8-16-24-33)35(45-27-32-21-13-7-14-22-32)34(42)29-44-26-31-19-11-6-12-20-31/h5-24,34-37,41-42H,3-4,25-29H2,1-2H3/t34-,35-,36-,37-/m1/s1. The Hall–Kier alpha value is -3.31. The molecular weight excluding hydrogens is 651 g/mol. The zero-order valence-electron chi connectivity index (χ0n) is 27.9. The Bertz CT molecular complexity index is 1510. The maximum Gasteiger partial charge on any atom is 0.401 e. The monoisotopic (exact) mass is 697 g/mol. The predicted octanol–water partition coefficient (Wildman–Crippen LogP) is 7.75. The van der Waals surface area contributed by atoms with E-state index in [1.807, 2.05) is 84.9 Å². The van der Waals surface area contributed by atoms with Crippen LogP contribution in [0.1, 0.15) is 36.1 Å². The lowest BCUT2D eigenvalue weighted by atomic mass is 9.99. The molecule has 0 bridgehead atoms. The van der Waals surface area contributed by atoms with Crippen molar-refractivity contribution in [3.8, 4) is 0 Å². The van der Waals surface area contributed by atoms with Crippen LogP contribution in [0.4, 0.5) is 8.78 Å². The Kier molecular flexibility index (Phi) is 15.5. The van der Waals surface area contributed by atoms with Crippen molar-refractivity contribution in [3.05, 3.63) is 144 Å². The summed E-state index contributed by atoms with van der Waals surface area (Å²) in [6, 6.07) is 34.5. The number of aliphatic hydroxyl groups excluding tert-OH is 1. The number of rotatable bonds is 22. The second-order valence-electron chi connectivity index (χ2n) is 11.4. The molecule has 4 rings (SSSR count). The maximum atomic E-state index is 17.0. The maximum absolute atomic E-state index is 17.0. The molecule has 4 atom stereocenters. The van der Waals surface area contributed by atoms with Gasteiger partial charge in [0.15, 0.2) is 0 Å². The van der Waals surface area contributed by atoms with E-state index in [9.17, 15) is 9.67 Å². The minimum absolute atomic E-state index is 0.0298. The van der Waals surface area contributed by atoms with Crippen LogP contribution in [-0.4, -0.2) is 54.9 Å². The van der Waals surface area contributed by atoms with Crippen molar-refractivity contribution in [2.75, 3.05) is 19.8 Å². The van der Waals surface area contributed by atoms with Crippen LogP contribution in [0.3, 0.4) is 0 Å². The van der Waals surface area contributed by atoms with E-state index in [1.165, 1.54) is 13.8 Å². The van der Waals surface area contributed by atoms with Gasteiger partial charge in [0.05, 0.1) is 39.6 Å². The van der Waals surface area contributed by atoms with E-state index < -0.39 is 37.6 Å². The van der Waals surface area contributed by atoms with Gasteiger partial charge in [-0.05, 0) is 36.1 Å². The second-order valence-corrected chi connectivity index (χ2v) is 13.5. The summed E-state index contributed by atoms with van der Waals surface area (Å²) in [5.41, 5.74) is -1.12. The van der Waals surface area contributed by atoms with Crippen LogP contribution in [0.2, 0.25) is 0 Å². The minimum Gasteiger partial charge on any atom is -0.388 e. The molecule has 0 saturated heterocycles. The highest BCUT2D eigenvalue weighted by molar-refractivity contribution is 7.55. The molecule has 264 valence electrons. The van der Waals surface area contributed by atoms with Gasteiger partial charge in [-0.15, -0.1) is 0 Å². The predicted molar refractivity (Wildman–Crippen MR) is 185 cm³/mol. The molecule has 49 heavy (non-hydrogen) atoms. The molecule has 0 radical (unpaired) electrons. The summed E-state index contributed by atoms with van der Waals surface area (Å²) in [6.07, 6.45) is -4.42. The molecule has 0 aromatic heterocycles. The van der Waals surface area contributed by atoms with E-state index in [0.717, 1.165) is 11.1 Å². The van der Waals surface area contributed by atoms with Crippen molar-refractivity contribution in [2.45, 2.75) is 70.2 Å². The Morgan fingerprint density at radius 2 is 1.06 bits per heavy atom. The highest BCUT2D eigenvalue weighted by Crippen LogP contribution is 2.64. The summed E-state index contributed by atoms with van der Waals surface area (Å²) in [6.45, 7) is 2.11. The molecule has 0 unspecified atom stereocenters. The first-order valence-electron chi connectivity index (χ1n) is 16.4. The summed E-state index contributed by atoms with van der Waals surface area (Å²) in [5.74, 6) is 0. The molecule has 4 aromatic rings. The van der Waals surface area contributed by atoms with Crippen molar-refractivity contribution in [1.82, 2.24) is 5.32 Å². The fourth-order valence-electron chi connectivity index (χ4n) is 5.29. The van der Waals surface area contributed by atoms with Gasteiger partial charge < -0.3 is 33.7 Å². The molecule has 0 heterocycles. The van der Waals surface area contributed by atoms with Crippen LogP contribution in [0.15, 0.2) is 121 Å². The lowest BCUT2D eigenvalue weighted by molar-refractivity contribution is -0.175. The van der Waals surface area contributed by atoms with Crippen molar-refractivity contribution in [1.29, 1.82) is 0 Å². The van der Waals surface area contributed by atoms with Gasteiger partial charge >= 0.3 is 13.3 Å². The average Bonchev–Trinajstić information content (AvgIpc) is 3.12. The van der Waals surface area contributed by atoms with Gasteiger partial charge in [-0.3, -0.25) is 4.57 Å². The van der Waals surface area contributed by atoms with Crippen LogP contribution in [0, 0.1) is 0 Å². The number of nitrogens with one attached hydrogen (secondary N) is 1. The van der Waals surface area contributed by atoms with Crippen LogP contribution < -0.4 is 5.32 Å². The van der Waals surface area contributed by atoms with Crippen LogP contribution in [-0.2, 0) is 54.2 Å². The first-order chi connectivity index (χ1) is 23.8. The SMILES string of the molecule is CCOP(=O)(OCC)C(F)(F)[C@H](NCc1ccccc1)[C@H](OCc1ccccc1)[C@H](OCc1ccccc1)[C@H](O)COCc1ccccc1. The van der Waals surface area contributed by atoms with Gasteiger partial charge in [-0.2, -0.15) is 8.78 Å². The van der Waals surface area contributed by atoms with Crippen LogP contribution in [0.25, 0.3) is 0 Å². The van der Waals surface area contributed by atoms with E-state index in [0.29, 0.717) is 11.1 Å². The number of hydrogen-bond acceptors (Lipinski definition) is 8. The Labute approximate surface area is 287 Å². The third-order valence-corrected chi connectivity index (χ3v) is 9.91. The smallest absolute Gasteiger partial charge is 0.388 e. The normalized spacial score (nSPS) is 14.6. The van der Waals surface area contributed by atoms with Crippen molar-refractivity contribution in [2.24, 2.45) is 0 Å². The van der Waals surface area contributed by atoms with Crippen molar-refractivity contribution in [3.63, 3.8) is 0 Å². The highest BCUT2D eigenvalue weighted by atomic mass is 31.2. The van der Waals surface area contributed by atoms with Gasteiger partial charge in [0.2, 0.25) is 0 Å². The van der Waals surface area contributed by atoms with Gasteiger partial charge in [0.1, 0.15) is 24.4 Å². The molecule has 0 aliphatic carbocycles. The van der Waals surface area contributed by atoms with Crippen LogP contribution >= 0.6 is 7.60 Å². The molecule has 0 saturated carbocycles. The number of ether oxygens (including phenoxy) is 3. The molecular formula is C38H46F2NO7P. The fourth-order valence-corrected chi connectivity index (χ4v) is 6.96. The van der Waals surface area contributed by atoms with Gasteiger partial charge in [0.25, 0.3) is 0 Å². The summed E-state index contributed by atoms with van der Waals surface area (Å²) in [4.78, 5) is 0. The first kappa shape index (κ1) is 38.5. The number of halogens is 2. The Morgan fingerprint density at radius 3 is 1.51 bits per heavy atom. The summed E-state index contributed by atoms with van der Waals surface area (Å²) < 4.78 is 77.0. The van der Waals surface area contributed by atoms with Gasteiger partial charge in [0, 0.05) is 6.54 Å². The summed E-state index contributed by atoms with van der Waals surface area (Å²) in [7, 11) is -5.10. The quantitative estimate of drug-likeness (QED) is 0.0806. The number of benzene rings is 4. The second kappa shape index (κ2) is 19.8. The molecule has 0 spiro atoms. The summed E-state index contributed by atoms with van der Waals surface area (Å²) >= 11 is 0. The molecule has 0 aliphatic rings. The highest BCUT2D eigenvalue weighted by Gasteiger charge is 2.62. The van der Waals surface area contributed by atoms with E-state index in [-0.39, 0.29) is 46.2 Å². The van der Waals surface area contributed by atoms with E-state index >= 15 is 8.78 Å². The molecule has 11 heteroatoms. The van der Waals surface area contributed by atoms with E-state index in [4.69, 9.17) is 23.3 Å². The minimum atomic E-state index is -5.10. The van der Waals surface area contributed by atoms with Crippen molar-refractivity contribution < 1.29 is 41.7 Å². The lowest BCUT2D eigenvalue weighted by Crippen LogP contribution is -2.60. The molecule has 4 aromatic carbocycles. The Morgan fingerprint density at radius 1 is 0.653 bits per heavy atom. The molecule has 2 N–H and O–H groups in total. The van der Waals surface area contributed by atoms with E-state index in [1.54, 1.807) is 36.4 Å². The molecule has 0 aliphatic heterocycles. The number of alkyl halides is 2.